The molecule has 0 radical (unpaired) electrons. The van der Waals surface area contributed by atoms with Crippen LogP contribution in [0.1, 0.15) is 45.4 Å². The summed E-state index contributed by atoms with van der Waals surface area (Å²) >= 11 is 0. The largest absolute Gasteiger partial charge is 0.382 e. The molecule has 1 aliphatic heterocycles. The van der Waals surface area contributed by atoms with Gasteiger partial charge < -0.3 is 15.4 Å². The van der Waals surface area contributed by atoms with Gasteiger partial charge in [-0.25, -0.2) is 14.4 Å². The number of carbonyl (C=O) groups is 1. The van der Waals surface area contributed by atoms with Crippen LogP contribution in [-0.4, -0.2) is 44.4 Å². The van der Waals surface area contributed by atoms with Gasteiger partial charge in [0.2, 0.25) is 0 Å². The predicted molar refractivity (Wildman–Crippen MR) is 125 cm³/mol. The van der Waals surface area contributed by atoms with Crippen molar-refractivity contribution in [1.29, 1.82) is 5.26 Å². The van der Waals surface area contributed by atoms with Crippen LogP contribution < -0.4 is 5.73 Å². The van der Waals surface area contributed by atoms with E-state index in [4.69, 9.17) is 10.5 Å². The summed E-state index contributed by atoms with van der Waals surface area (Å²) in [5.41, 5.74) is 10.8. The van der Waals surface area contributed by atoms with Crippen LogP contribution in [0.2, 0.25) is 0 Å². The van der Waals surface area contributed by atoms with Crippen molar-refractivity contribution in [3.63, 3.8) is 0 Å². The molecule has 174 valence electrons. The highest BCUT2D eigenvalue weighted by molar-refractivity contribution is 5.99. The van der Waals surface area contributed by atoms with Crippen molar-refractivity contribution in [3.8, 4) is 6.07 Å². The summed E-state index contributed by atoms with van der Waals surface area (Å²) in [4.78, 5) is 23.9. The lowest BCUT2D eigenvalue weighted by Gasteiger charge is -2.38. The number of carbonyl (C=O) groups excluding carboxylic acids is 1. The lowest BCUT2D eigenvalue weighted by molar-refractivity contribution is -0.0517. The normalized spacial score (nSPS) is 24.9. The number of hydrogen-bond acceptors (Lipinski definition) is 6. The maximum absolute atomic E-state index is 15.2. The zero-order valence-electron chi connectivity index (χ0n) is 18.7. The summed E-state index contributed by atoms with van der Waals surface area (Å²) in [6.45, 7) is 0.768. The molecule has 1 saturated carbocycles. The van der Waals surface area contributed by atoms with E-state index in [1.165, 1.54) is 17.7 Å². The number of amides is 1. The van der Waals surface area contributed by atoms with Crippen molar-refractivity contribution in [2.75, 3.05) is 18.9 Å². The molecule has 8 nitrogen and oxygen atoms in total. The molecular weight excluding hydrogens is 447 g/mol. The fraction of sp³-hybridized carbons (Fsp3) is 0.308. The second-order valence-electron chi connectivity index (χ2n) is 9.56. The third-order valence-electron chi connectivity index (χ3n) is 7.60. The molecular formula is C26H21FN6O2. The first kappa shape index (κ1) is 20.4. The highest BCUT2D eigenvalue weighted by atomic mass is 19.1. The first-order valence-corrected chi connectivity index (χ1v) is 11.7. The minimum Gasteiger partial charge on any atom is -0.382 e. The lowest BCUT2D eigenvalue weighted by atomic mass is 9.99. The number of morpholine rings is 1. The molecule has 0 unspecified atom stereocenters. The maximum atomic E-state index is 15.2. The molecule has 35 heavy (non-hydrogen) atoms. The Labute approximate surface area is 199 Å². The number of ether oxygens (including phenoxy) is 1. The molecule has 2 N–H and O–H groups in total. The Balaban J connectivity index is 1.28. The summed E-state index contributed by atoms with van der Waals surface area (Å²) in [6.07, 6.45) is 4.59. The van der Waals surface area contributed by atoms with E-state index in [1.54, 1.807) is 21.8 Å². The van der Waals surface area contributed by atoms with Gasteiger partial charge in [-0.2, -0.15) is 5.26 Å². The number of nitrogen functional groups attached to an aromatic ring is 1. The summed E-state index contributed by atoms with van der Waals surface area (Å²) in [7, 11) is 0. The molecule has 2 aromatic carbocycles. The predicted octanol–water partition coefficient (Wildman–Crippen LogP) is 3.37. The average molecular weight is 468 g/mol. The molecule has 0 spiro atoms. The number of rotatable bonds is 2. The topological polar surface area (TPSA) is 110 Å². The molecule has 1 amide bonds. The minimum absolute atomic E-state index is 0.0142. The zero-order chi connectivity index (χ0) is 23.8. The number of imidazole rings is 1. The fourth-order valence-corrected chi connectivity index (χ4v) is 5.76. The second kappa shape index (κ2) is 7.23. The van der Waals surface area contributed by atoms with Gasteiger partial charge in [0.15, 0.2) is 0 Å². The Bertz CT molecular complexity index is 1590. The van der Waals surface area contributed by atoms with Crippen LogP contribution in [0.15, 0.2) is 42.9 Å². The monoisotopic (exact) mass is 468 g/mol. The van der Waals surface area contributed by atoms with Crippen LogP contribution in [0.3, 0.4) is 0 Å². The van der Waals surface area contributed by atoms with Crippen molar-refractivity contribution in [2.24, 2.45) is 5.92 Å². The molecule has 2 aromatic heterocycles. The van der Waals surface area contributed by atoms with Gasteiger partial charge in [-0.3, -0.25) is 9.20 Å². The third-order valence-corrected chi connectivity index (χ3v) is 7.60. The number of nitrogens with two attached hydrogens (primary N) is 1. The minimum atomic E-state index is -0.637. The number of nitriles is 1. The molecule has 2 fully saturated rings. The van der Waals surface area contributed by atoms with Crippen LogP contribution in [0.4, 0.5) is 10.2 Å². The molecule has 1 saturated heterocycles. The van der Waals surface area contributed by atoms with E-state index in [0.717, 1.165) is 17.5 Å². The zero-order valence-corrected chi connectivity index (χ0v) is 18.7. The summed E-state index contributed by atoms with van der Waals surface area (Å²) < 4.78 is 23.0. The molecule has 7 rings (SSSR count). The van der Waals surface area contributed by atoms with E-state index in [9.17, 15) is 10.1 Å². The van der Waals surface area contributed by atoms with Gasteiger partial charge in [-0.1, -0.05) is 18.2 Å². The Kier molecular flexibility index (Phi) is 4.21. The van der Waals surface area contributed by atoms with Gasteiger partial charge in [0.1, 0.15) is 17.2 Å². The number of nitrogens with zero attached hydrogens (tertiary/aromatic N) is 5. The fourth-order valence-electron chi connectivity index (χ4n) is 5.76. The molecule has 3 aliphatic rings. The van der Waals surface area contributed by atoms with Gasteiger partial charge in [-0.05, 0) is 29.2 Å². The van der Waals surface area contributed by atoms with Crippen LogP contribution in [0, 0.1) is 23.1 Å². The van der Waals surface area contributed by atoms with E-state index >= 15 is 4.39 Å². The van der Waals surface area contributed by atoms with Crippen molar-refractivity contribution in [3.05, 3.63) is 70.9 Å². The van der Waals surface area contributed by atoms with Gasteiger partial charge >= 0.3 is 0 Å². The van der Waals surface area contributed by atoms with E-state index in [-0.39, 0.29) is 35.4 Å². The summed E-state index contributed by atoms with van der Waals surface area (Å²) in [5.74, 6) is -0.383. The third kappa shape index (κ3) is 2.96. The van der Waals surface area contributed by atoms with Crippen LogP contribution in [0.5, 0.6) is 0 Å². The number of hydrogen-bond donors (Lipinski definition) is 1. The van der Waals surface area contributed by atoms with Gasteiger partial charge in [0.05, 0.1) is 59.9 Å². The number of fused-ring (bicyclic) bond motifs is 6. The Morgan fingerprint density at radius 3 is 2.97 bits per heavy atom. The molecule has 9 heteroatoms. The lowest BCUT2D eigenvalue weighted by Crippen LogP contribution is -2.46. The first-order chi connectivity index (χ1) is 17.0. The Morgan fingerprint density at radius 1 is 1.26 bits per heavy atom. The molecule has 2 aliphatic carbocycles. The number of benzene rings is 2. The van der Waals surface area contributed by atoms with Crippen molar-refractivity contribution in [1.82, 2.24) is 19.3 Å². The van der Waals surface area contributed by atoms with E-state index < -0.39 is 5.82 Å². The van der Waals surface area contributed by atoms with Gasteiger partial charge in [0.25, 0.3) is 5.91 Å². The molecule has 0 bridgehead atoms. The highest BCUT2D eigenvalue weighted by Gasteiger charge is 2.44. The number of anilines is 1. The maximum Gasteiger partial charge on any atom is 0.257 e. The molecule has 4 aromatic rings. The van der Waals surface area contributed by atoms with Crippen LogP contribution >= 0.6 is 0 Å². The highest BCUT2D eigenvalue weighted by Crippen LogP contribution is 2.49. The quantitative estimate of drug-likeness (QED) is 0.483. The Hall–Kier alpha value is -4.03. The Morgan fingerprint density at radius 2 is 2.14 bits per heavy atom. The van der Waals surface area contributed by atoms with Crippen LogP contribution in [0.25, 0.3) is 16.6 Å². The van der Waals surface area contributed by atoms with Gasteiger partial charge in [0, 0.05) is 24.9 Å². The smallest absolute Gasteiger partial charge is 0.257 e. The van der Waals surface area contributed by atoms with E-state index in [1.807, 2.05) is 0 Å². The number of aromatic nitrogens is 3. The van der Waals surface area contributed by atoms with Crippen molar-refractivity contribution >= 4 is 28.3 Å². The SMILES string of the molecule is N#C[C@@H]1C[C@H]1c1ccc2c(c1)C[C@H]1OCCN(C(=O)c3cc4c(cc3F)nc(N)c3cncn34)[C@@H]21. The standard InChI is InChI=1S/C26H21FN6O2/c27-19-9-20-21(33-12-30-11-22(33)25(29)31-20)8-18(19)26(34)32-3-4-35-23-7-14-5-13(17-6-15(17)10-28)1-2-16(14)24(23)32/h1-2,5,8-9,11-12,15,17,23-24H,3-4,6-7H2,(H2,29,31)/t15-,17-,23+,24-/m0/s1. The summed E-state index contributed by atoms with van der Waals surface area (Å²) in [6, 6.07) is 11.1. The first-order valence-electron chi connectivity index (χ1n) is 11.7. The molecule has 4 atom stereocenters. The van der Waals surface area contributed by atoms with E-state index in [2.05, 4.69) is 34.2 Å². The van der Waals surface area contributed by atoms with E-state index in [0.29, 0.717) is 42.0 Å². The second-order valence-corrected chi connectivity index (χ2v) is 9.56. The number of halogens is 1. The average Bonchev–Trinajstić information content (AvgIpc) is 3.30. The van der Waals surface area contributed by atoms with Crippen LogP contribution in [-0.2, 0) is 11.2 Å². The molecule has 3 heterocycles. The van der Waals surface area contributed by atoms with Crippen molar-refractivity contribution < 1.29 is 13.9 Å². The van der Waals surface area contributed by atoms with Crippen molar-refractivity contribution in [2.45, 2.75) is 30.9 Å². The summed E-state index contributed by atoms with van der Waals surface area (Å²) in [5, 5.41) is 9.19. The van der Waals surface area contributed by atoms with Gasteiger partial charge in [-0.15, -0.1) is 0 Å².